The van der Waals surface area contributed by atoms with E-state index in [1.807, 2.05) is 0 Å². The number of carbonyl (C=O) groups excluding carboxylic acids is 2. The van der Waals surface area contributed by atoms with Crippen molar-refractivity contribution < 1.29 is 59.6 Å². The van der Waals surface area contributed by atoms with Crippen LogP contribution >= 0.6 is 0 Å². The van der Waals surface area contributed by atoms with Gasteiger partial charge in [0.25, 0.3) is 11.5 Å². The number of amides is 1. The van der Waals surface area contributed by atoms with Crippen LogP contribution in [0.25, 0.3) is 11.2 Å². The predicted octanol–water partition coefficient (Wildman–Crippen LogP) is -5.20. The zero-order valence-corrected chi connectivity index (χ0v) is 20.0. The van der Waals surface area contributed by atoms with Crippen LogP contribution in [0, 0.1) is 0 Å². The van der Waals surface area contributed by atoms with Gasteiger partial charge in [-0.05, 0) is 37.1 Å². The van der Waals surface area contributed by atoms with Crippen LogP contribution in [-0.2, 0) is 16.1 Å². The van der Waals surface area contributed by atoms with Gasteiger partial charge >= 0.3 is 35.5 Å². The van der Waals surface area contributed by atoms with Crippen molar-refractivity contribution in [3.63, 3.8) is 0 Å². The first-order valence-corrected chi connectivity index (χ1v) is 9.32. The third kappa shape index (κ3) is 7.48. The van der Waals surface area contributed by atoms with Gasteiger partial charge in [0.15, 0.2) is 11.2 Å². The van der Waals surface area contributed by atoms with Gasteiger partial charge in [-0.3, -0.25) is 14.6 Å². The number of anilines is 2. The number of hydrogen-bond donors (Lipinski definition) is 5. The van der Waals surface area contributed by atoms with Gasteiger partial charge in [-0.15, -0.1) is 0 Å². The average molecular weight is 481 g/mol. The molecule has 14 nitrogen and oxygen atoms in total. The summed E-state index contributed by atoms with van der Waals surface area (Å²) in [7, 11) is 0. The van der Waals surface area contributed by atoms with Gasteiger partial charge in [0.2, 0.25) is 5.95 Å². The molecular formula is C19H20N7NaO7. The number of nitrogens with zero attached hydrogens (tertiary/aromatic N) is 3. The fourth-order valence-electron chi connectivity index (χ4n) is 2.75. The predicted molar refractivity (Wildman–Crippen MR) is 113 cm³/mol. The molecule has 3 aromatic rings. The topological polar surface area (TPSA) is 248 Å². The number of nitrogens with one attached hydrogen (secondary N) is 3. The second-order valence-electron chi connectivity index (χ2n) is 6.69. The smallest absolute Gasteiger partial charge is 0.550 e. The molecule has 2 heterocycles. The van der Waals surface area contributed by atoms with E-state index in [1.54, 1.807) is 12.1 Å². The average Bonchev–Trinajstić information content (AvgIpc) is 2.75. The number of nitrogens with two attached hydrogens (primary N) is 1. The number of H-pyrrole nitrogens is 1. The summed E-state index contributed by atoms with van der Waals surface area (Å²) in [6.45, 7) is 0.225. The maximum absolute atomic E-state index is 12.3. The van der Waals surface area contributed by atoms with Crippen molar-refractivity contribution in [2.45, 2.75) is 25.4 Å². The van der Waals surface area contributed by atoms with E-state index in [-0.39, 0.29) is 70.7 Å². The fraction of sp³-hybridized carbons (Fsp3) is 0.211. The second-order valence-corrected chi connectivity index (χ2v) is 6.69. The Kier molecular flexibility index (Phi) is 10.5. The number of rotatable bonds is 9. The van der Waals surface area contributed by atoms with E-state index in [0.717, 1.165) is 0 Å². The molecule has 0 fully saturated rings. The first-order valence-electron chi connectivity index (χ1n) is 9.32. The third-order valence-electron chi connectivity index (χ3n) is 4.35. The number of carboxylic acids is 2. The van der Waals surface area contributed by atoms with E-state index < -0.39 is 35.9 Å². The zero-order valence-electron chi connectivity index (χ0n) is 18.0. The molecule has 174 valence electrons. The van der Waals surface area contributed by atoms with Crippen LogP contribution in [0.15, 0.2) is 35.3 Å². The fourth-order valence-corrected chi connectivity index (χ4v) is 2.75. The van der Waals surface area contributed by atoms with Crippen molar-refractivity contribution >= 4 is 40.6 Å². The Bertz CT molecular complexity index is 1230. The molecule has 0 aliphatic rings. The Hall–Kier alpha value is -3.59. The van der Waals surface area contributed by atoms with E-state index in [4.69, 9.17) is 10.8 Å². The van der Waals surface area contributed by atoms with Crippen molar-refractivity contribution in [3.8, 4) is 0 Å². The third-order valence-corrected chi connectivity index (χ3v) is 4.35. The van der Waals surface area contributed by atoms with E-state index in [2.05, 4.69) is 30.6 Å². The summed E-state index contributed by atoms with van der Waals surface area (Å²) in [5.74, 6) is -3.46. The van der Waals surface area contributed by atoms with Crippen molar-refractivity contribution in [1.29, 1.82) is 0 Å². The van der Waals surface area contributed by atoms with E-state index in [1.165, 1.54) is 18.3 Å². The largest absolute Gasteiger partial charge is 1.00 e. The molecule has 0 radical (unpaired) electrons. The first kappa shape index (κ1) is 28.4. The molecule has 0 aliphatic heterocycles. The monoisotopic (exact) mass is 481 g/mol. The Morgan fingerprint density at radius 2 is 1.85 bits per heavy atom. The van der Waals surface area contributed by atoms with Gasteiger partial charge < -0.3 is 36.9 Å². The molecule has 0 unspecified atom stereocenters. The van der Waals surface area contributed by atoms with Gasteiger partial charge in [-0.2, -0.15) is 4.98 Å². The summed E-state index contributed by atoms with van der Waals surface area (Å²) in [5, 5.41) is 25.0. The zero-order chi connectivity index (χ0) is 23.3. The van der Waals surface area contributed by atoms with Gasteiger partial charge in [-0.1, -0.05) is 0 Å². The van der Waals surface area contributed by atoms with E-state index >= 15 is 0 Å². The van der Waals surface area contributed by atoms with Gasteiger partial charge in [0, 0.05) is 17.2 Å². The number of fused-ring (bicyclic) bond motifs is 1. The summed E-state index contributed by atoms with van der Waals surface area (Å²) >= 11 is 0. The molecule has 1 aromatic carbocycles. The van der Waals surface area contributed by atoms with Crippen LogP contribution in [0.3, 0.4) is 0 Å². The number of hydrogen-bond acceptors (Lipinski definition) is 10. The number of nitrogen functional groups attached to an aromatic ring is 1. The Morgan fingerprint density at radius 3 is 2.47 bits per heavy atom. The van der Waals surface area contributed by atoms with Crippen LogP contribution < -0.4 is 56.6 Å². The molecular weight excluding hydrogens is 461 g/mol. The van der Waals surface area contributed by atoms with Crippen LogP contribution in [0.2, 0.25) is 0 Å². The van der Waals surface area contributed by atoms with E-state index in [0.29, 0.717) is 11.4 Å². The number of carboxylic acid groups (broad SMARTS) is 2. The molecule has 3 rings (SSSR count). The summed E-state index contributed by atoms with van der Waals surface area (Å²) < 4.78 is 0. The molecule has 1 amide bonds. The minimum absolute atomic E-state index is 0. The quantitative estimate of drug-likeness (QED) is 0.181. The van der Waals surface area contributed by atoms with Crippen LogP contribution in [-0.4, -0.2) is 54.4 Å². The molecule has 0 saturated heterocycles. The van der Waals surface area contributed by atoms with Crippen molar-refractivity contribution in [2.75, 3.05) is 11.1 Å². The Morgan fingerprint density at radius 1 is 1.18 bits per heavy atom. The molecule has 0 aliphatic carbocycles. The Labute approximate surface area is 213 Å². The number of aliphatic carboxylic acids is 2. The number of aromatic amines is 1. The second kappa shape index (κ2) is 12.6. The molecule has 0 bridgehead atoms. The molecule has 1 atom stereocenters. The molecule has 34 heavy (non-hydrogen) atoms. The maximum atomic E-state index is 12.3. The number of carbonyl (C=O) groups is 3. The standard InChI is InChI=1S/C19H19N7O6.Na.H2O/c20-19-25-15-14(17(30)26-19)23-11(8-22-15)7-21-10-3-1-9(2-4-10)16(29)24-12(18(31)32)5-6-13(27)28;;/h1-4,8,12,21H,5-7H2,(H,24,29)(H,27,28)(H,31,32)(H3,20,22,25,26,30);;1H2/q;+1;/p-1/t12-;;/m0../s1. The van der Waals surface area contributed by atoms with Crippen molar-refractivity contribution in [2.24, 2.45) is 0 Å². The van der Waals surface area contributed by atoms with Crippen molar-refractivity contribution in [1.82, 2.24) is 25.3 Å². The van der Waals surface area contributed by atoms with E-state index in [9.17, 15) is 24.3 Å². The molecule has 2 aromatic heterocycles. The van der Waals surface area contributed by atoms with Gasteiger partial charge in [0.1, 0.15) is 6.04 Å². The SMILES string of the molecule is Nc1nc2ncc(CNc3ccc(C(=O)N[C@@H](CCC(=O)[O-])C(=O)O)cc3)nc2c(=O)[nH]1.O.[Na+]. The minimum Gasteiger partial charge on any atom is -0.550 e. The molecule has 8 N–H and O–H groups in total. The number of benzene rings is 1. The maximum Gasteiger partial charge on any atom is 1.00 e. The summed E-state index contributed by atoms with van der Waals surface area (Å²) in [4.78, 5) is 60.4. The summed E-state index contributed by atoms with van der Waals surface area (Å²) in [6, 6.07) is 4.78. The van der Waals surface area contributed by atoms with Crippen LogP contribution in [0.1, 0.15) is 28.9 Å². The van der Waals surface area contributed by atoms with Gasteiger partial charge in [0.05, 0.1) is 18.4 Å². The van der Waals surface area contributed by atoms with Crippen LogP contribution in [0.4, 0.5) is 11.6 Å². The normalized spacial score (nSPS) is 10.9. The van der Waals surface area contributed by atoms with Crippen LogP contribution in [0.5, 0.6) is 0 Å². The molecule has 0 saturated carbocycles. The number of aromatic nitrogens is 4. The molecule has 0 spiro atoms. The molecule has 15 heteroatoms. The van der Waals surface area contributed by atoms with Crippen molar-refractivity contribution in [3.05, 3.63) is 52.1 Å². The Balaban J connectivity index is 0.00000289. The first-order chi connectivity index (χ1) is 15.2. The van der Waals surface area contributed by atoms with Gasteiger partial charge in [-0.25, -0.2) is 14.8 Å². The minimum atomic E-state index is -1.40. The summed E-state index contributed by atoms with van der Waals surface area (Å²) in [6.07, 6.45) is 0.662. The summed E-state index contributed by atoms with van der Waals surface area (Å²) in [5.41, 5.74) is 6.43.